The van der Waals surface area contributed by atoms with Gasteiger partial charge in [0.1, 0.15) is 11.3 Å². The van der Waals surface area contributed by atoms with E-state index in [-0.39, 0.29) is 23.3 Å². The average molecular weight is 373 g/mol. The van der Waals surface area contributed by atoms with Crippen molar-refractivity contribution in [2.24, 2.45) is 0 Å². The molecule has 0 radical (unpaired) electrons. The minimum absolute atomic E-state index is 0.0752. The van der Waals surface area contributed by atoms with E-state index in [0.717, 1.165) is 36.8 Å². The Hall–Kier alpha value is -2.34. The van der Waals surface area contributed by atoms with E-state index in [4.69, 9.17) is 0 Å². The second-order valence-electron chi connectivity index (χ2n) is 7.61. The molecule has 2 rings (SSSR count). The van der Waals surface area contributed by atoms with Crippen molar-refractivity contribution in [3.05, 3.63) is 46.5 Å². The van der Waals surface area contributed by atoms with E-state index in [0.29, 0.717) is 12.2 Å². The van der Waals surface area contributed by atoms with Gasteiger partial charge in [0.2, 0.25) is 0 Å². The summed E-state index contributed by atoms with van der Waals surface area (Å²) in [6, 6.07) is 0.139. The second kappa shape index (κ2) is 9.04. The Morgan fingerprint density at radius 3 is 2.44 bits per heavy atom. The van der Waals surface area contributed by atoms with E-state index >= 15 is 0 Å². The predicted octanol–water partition coefficient (Wildman–Crippen LogP) is 3.02. The van der Waals surface area contributed by atoms with Gasteiger partial charge in [-0.15, -0.1) is 0 Å². The first-order chi connectivity index (χ1) is 12.8. The van der Waals surface area contributed by atoms with Crippen LogP contribution in [0.2, 0.25) is 0 Å². The highest BCUT2D eigenvalue weighted by Crippen LogP contribution is 2.28. The number of allylic oxidation sites excluding steroid dienone is 2. The molecule has 1 aliphatic carbocycles. The standard InChI is InChI=1S/C21H31N3O3/c1-6-17(20(26)22-16-9-7-8-10-16)21(27)24-12-11-15(13-23(4)5)19(25)18(24)14(2)3/h6,11-12,16,25H,7-10,13H2,1-5H3,(H,22,26)/b17-6-. The first kappa shape index (κ1) is 21.0. The third kappa shape index (κ3) is 4.89. The van der Waals surface area contributed by atoms with Crippen molar-refractivity contribution in [2.75, 3.05) is 20.6 Å². The Balaban J connectivity index is 2.26. The molecule has 1 heterocycles. The Morgan fingerprint density at radius 2 is 1.93 bits per heavy atom. The molecular weight excluding hydrogens is 342 g/mol. The molecular formula is C21H31N3O3. The fourth-order valence-corrected chi connectivity index (χ4v) is 3.51. The van der Waals surface area contributed by atoms with Gasteiger partial charge in [0, 0.05) is 24.4 Å². The van der Waals surface area contributed by atoms with Gasteiger partial charge in [-0.25, -0.2) is 0 Å². The lowest BCUT2D eigenvalue weighted by molar-refractivity contribution is -0.127. The molecule has 0 atom stereocenters. The van der Waals surface area contributed by atoms with E-state index in [1.165, 1.54) is 4.90 Å². The summed E-state index contributed by atoms with van der Waals surface area (Å²) in [5.41, 5.74) is 2.06. The number of hydrogen-bond acceptors (Lipinski definition) is 4. The van der Waals surface area contributed by atoms with Gasteiger partial charge in [-0.3, -0.25) is 14.5 Å². The third-order valence-corrected chi connectivity index (χ3v) is 4.83. The zero-order valence-electron chi connectivity index (χ0n) is 17.0. The molecule has 1 saturated carbocycles. The smallest absolute Gasteiger partial charge is 0.267 e. The first-order valence-electron chi connectivity index (χ1n) is 9.49. The number of aliphatic hydroxyl groups is 1. The number of aliphatic hydroxyl groups excluding tert-OH is 1. The summed E-state index contributed by atoms with van der Waals surface area (Å²) in [5, 5.41) is 13.7. The van der Waals surface area contributed by atoms with Crippen LogP contribution in [0.4, 0.5) is 0 Å². The van der Waals surface area contributed by atoms with Gasteiger partial charge in [0.25, 0.3) is 11.8 Å². The van der Waals surface area contributed by atoms with Crippen molar-refractivity contribution in [3.8, 4) is 0 Å². The van der Waals surface area contributed by atoms with Crippen LogP contribution in [0, 0.1) is 0 Å². The molecule has 1 aliphatic heterocycles. The Bertz CT molecular complexity index is 719. The first-order valence-corrected chi connectivity index (χ1v) is 9.49. The van der Waals surface area contributed by atoms with Crippen LogP contribution in [0.25, 0.3) is 0 Å². The summed E-state index contributed by atoms with van der Waals surface area (Å²) in [5.74, 6) is -0.708. The normalized spacial score (nSPS) is 18.5. The zero-order chi connectivity index (χ0) is 20.1. The SMILES string of the molecule is C/C=C(/C(=O)NC1CCCC1)C(=O)N1C=CC(CN(C)C)=C(O)C1=C(C)C. The minimum atomic E-state index is -0.434. The number of hydrogen-bond donors (Lipinski definition) is 2. The lowest BCUT2D eigenvalue weighted by Crippen LogP contribution is -2.40. The highest BCUT2D eigenvalue weighted by atomic mass is 16.3. The van der Waals surface area contributed by atoms with Crippen LogP contribution < -0.4 is 5.32 Å². The van der Waals surface area contributed by atoms with Crippen LogP contribution in [0.1, 0.15) is 46.5 Å². The molecule has 27 heavy (non-hydrogen) atoms. The molecule has 0 aromatic carbocycles. The van der Waals surface area contributed by atoms with E-state index in [2.05, 4.69) is 5.32 Å². The summed E-state index contributed by atoms with van der Waals surface area (Å²) >= 11 is 0. The van der Waals surface area contributed by atoms with Crippen molar-refractivity contribution in [1.82, 2.24) is 15.1 Å². The molecule has 6 heteroatoms. The number of nitrogens with one attached hydrogen (secondary N) is 1. The van der Waals surface area contributed by atoms with Crippen LogP contribution in [0.15, 0.2) is 46.5 Å². The fraction of sp³-hybridized carbons (Fsp3) is 0.524. The summed E-state index contributed by atoms with van der Waals surface area (Å²) in [6.07, 6.45) is 9.02. The highest BCUT2D eigenvalue weighted by molar-refractivity contribution is 6.19. The molecule has 0 saturated heterocycles. The fourth-order valence-electron chi connectivity index (χ4n) is 3.51. The van der Waals surface area contributed by atoms with E-state index < -0.39 is 5.91 Å². The van der Waals surface area contributed by atoms with Gasteiger partial charge in [0.05, 0.1) is 5.70 Å². The van der Waals surface area contributed by atoms with Crippen molar-refractivity contribution < 1.29 is 14.7 Å². The van der Waals surface area contributed by atoms with Gasteiger partial charge in [-0.05, 0) is 59.4 Å². The Morgan fingerprint density at radius 1 is 1.30 bits per heavy atom. The molecule has 6 nitrogen and oxygen atoms in total. The Labute approximate surface area is 161 Å². The predicted molar refractivity (Wildman–Crippen MR) is 107 cm³/mol. The topological polar surface area (TPSA) is 72.9 Å². The van der Waals surface area contributed by atoms with Crippen LogP contribution in [-0.4, -0.2) is 53.4 Å². The lowest BCUT2D eigenvalue weighted by Gasteiger charge is -2.29. The maximum atomic E-state index is 13.1. The number of likely N-dealkylation sites (N-methyl/N-ethyl adjacent to an activating group) is 1. The summed E-state index contributed by atoms with van der Waals surface area (Å²) < 4.78 is 0. The van der Waals surface area contributed by atoms with Crippen molar-refractivity contribution in [1.29, 1.82) is 0 Å². The van der Waals surface area contributed by atoms with Gasteiger partial charge >= 0.3 is 0 Å². The molecule has 0 aromatic rings. The monoisotopic (exact) mass is 373 g/mol. The summed E-state index contributed by atoms with van der Waals surface area (Å²) in [6.45, 7) is 5.92. The van der Waals surface area contributed by atoms with Crippen LogP contribution in [-0.2, 0) is 9.59 Å². The van der Waals surface area contributed by atoms with E-state index in [1.807, 2.05) is 32.8 Å². The van der Waals surface area contributed by atoms with Crippen molar-refractivity contribution in [3.63, 3.8) is 0 Å². The molecule has 0 spiro atoms. The number of amides is 2. The Kier molecular flexibility index (Phi) is 7.02. The number of carbonyl (C=O) groups excluding carboxylic acids is 2. The van der Waals surface area contributed by atoms with E-state index in [1.54, 1.807) is 25.3 Å². The molecule has 0 aromatic heterocycles. The van der Waals surface area contributed by atoms with Crippen LogP contribution in [0.5, 0.6) is 0 Å². The largest absolute Gasteiger partial charge is 0.505 e. The second-order valence-corrected chi connectivity index (χ2v) is 7.61. The van der Waals surface area contributed by atoms with Gasteiger partial charge in [-0.1, -0.05) is 18.9 Å². The minimum Gasteiger partial charge on any atom is -0.505 e. The molecule has 1 fully saturated rings. The molecule has 2 aliphatic rings. The summed E-state index contributed by atoms with van der Waals surface area (Å²) in [7, 11) is 3.83. The van der Waals surface area contributed by atoms with Gasteiger partial charge in [-0.2, -0.15) is 0 Å². The van der Waals surface area contributed by atoms with Crippen LogP contribution in [0.3, 0.4) is 0 Å². The number of nitrogens with zero attached hydrogens (tertiary/aromatic N) is 2. The molecule has 2 amide bonds. The third-order valence-electron chi connectivity index (χ3n) is 4.83. The number of rotatable bonds is 5. The van der Waals surface area contributed by atoms with Crippen LogP contribution >= 0.6 is 0 Å². The van der Waals surface area contributed by atoms with Gasteiger partial charge < -0.3 is 15.3 Å². The van der Waals surface area contributed by atoms with Crippen molar-refractivity contribution >= 4 is 11.8 Å². The number of carbonyl (C=O) groups is 2. The van der Waals surface area contributed by atoms with Crippen molar-refractivity contribution in [2.45, 2.75) is 52.5 Å². The zero-order valence-corrected chi connectivity index (χ0v) is 17.0. The molecule has 0 unspecified atom stereocenters. The average Bonchev–Trinajstić information content (AvgIpc) is 3.09. The van der Waals surface area contributed by atoms with Gasteiger partial charge in [0.15, 0.2) is 0 Å². The highest BCUT2D eigenvalue weighted by Gasteiger charge is 2.31. The summed E-state index contributed by atoms with van der Waals surface area (Å²) in [4.78, 5) is 29.1. The lowest BCUT2D eigenvalue weighted by atomic mass is 10.0. The maximum absolute atomic E-state index is 13.1. The molecule has 0 bridgehead atoms. The van der Waals surface area contributed by atoms with E-state index in [9.17, 15) is 14.7 Å². The quantitative estimate of drug-likeness (QED) is 0.441. The maximum Gasteiger partial charge on any atom is 0.267 e. The molecule has 148 valence electrons. The molecule has 2 N–H and O–H groups in total.